The first-order valence-electron chi connectivity index (χ1n) is 2.90. The highest BCUT2D eigenvalue weighted by molar-refractivity contribution is 7.97. The Morgan fingerprint density at radius 3 is 3.20 bits per heavy atom. The van der Waals surface area contributed by atoms with Gasteiger partial charge in [-0.2, -0.15) is 0 Å². The van der Waals surface area contributed by atoms with E-state index in [2.05, 4.69) is 9.38 Å². The number of hydrogen-bond donors (Lipinski definition) is 0. The Hall–Kier alpha value is -0.830. The number of aromatic nitrogens is 1. The molecule has 1 aromatic heterocycles. The van der Waals surface area contributed by atoms with E-state index in [1.165, 1.54) is 11.9 Å². The molecule has 0 aliphatic carbocycles. The molecule has 0 radical (unpaired) electrons. The molecule has 1 aromatic rings. The fourth-order valence-corrected chi connectivity index (χ4v) is 0.793. The third-order valence-electron chi connectivity index (χ3n) is 0.992. The quantitative estimate of drug-likeness (QED) is 0.476. The Morgan fingerprint density at radius 1 is 1.70 bits per heavy atom. The van der Waals surface area contributed by atoms with E-state index in [9.17, 15) is 0 Å². The van der Waals surface area contributed by atoms with Crippen molar-refractivity contribution < 1.29 is 0 Å². The molecule has 0 N–H and O–H groups in total. The Bertz CT molecular complexity index is 208. The van der Waals surface area contributed by atoms with E-state index in [1.807, 2.05) is 18.4 Å². The van der Waals surface area contributed by atoms with Crippen LogP contribution < -0.4 is 0 Å². The summed E-state index contributed by atoms with van der Waals surface area (Å²) in [6.45, 7) is 0. The SMILES string of the molecule is CSN=Cc1cccnc1. The van der Waals surface area contributed by atoms with E-state index in [0.717, 1.165) is 5.56 Å². The maximum absolute atomic E-state index is 3.99. The van der Waals surface area contributed by atoms with Gasteiger partial charge in [0.05, 0.1) is 0 Å². The summed E-state index contributed by atoms with van der Waals surface area (Å²) in [4.78, 5) is 3.94. The molecule has 0 aliphatic heterocycles. The number of pyridine rings is 1. The van der Waals surface area contributed by atoms with Crippen molar-refractivity contribution in [2.75, 3.05) is 6.26 Å². The van der Waals surface area contributed by atoms with Gasteiger partial charge < -0.3 is 0 Å². The molecule has 3 heteroatoms. The second-order valence-electron chi connectivity index (χ2n) is 1.70. The molecule has 1 heterocycles. The van der Waals surface area contributed by atoms with E-state index in [0.29, 0.717) is 0 Å². The highest BCUT2D eigenvalue weighted by Crippen LogP contribution is 1.95. The van der Waals surface area contributed by atoms with E-state index in [4.69, 9.17) is 0 Å². The number of hydrogen-bond acceptors (Lipinski definition) is 3. The smallest absolute Gasteiger partial charge is 0.0439 e. The lowest BCUT2D eigenvalue weighted by atomic mass is 10.3. The zero-order chi connectivity index (χ0) is 7.23. The number of rotatable bonds is 2. The predicted molar refractivity (Wildman–Crippen MR) is 45.3 cm³/mol. The Balaban J connectivity index is 2.67. The topological polar surface area (TPSA) is 25.2 Å². The summed E-state index contributed by atoms with van der Waals surface area (Å²) in [6, 6.07) is 3.86. The highest BCUT2D eigenvalue weighted by Gasteiger charge is 1.81. The largest absolute Gasteiger partial charge is 0.264 e. The Labute approximate surface area is 64.5 Å². The van der Waals surface area contributed by atoms with Crippen molar-refractivity contribution in [2.45, 2.75) is 0 Å². The molecule has 1 rings (SSSR count). The molecule has 2 nitrogen and oxygen atoms in total. The first-order valence-corrected chi connectivity index (χ1v) is 4.08. The van der Waals surface area contributed by atoms with E-state index in [-0.39, 0.29) is 0 Å². The second kappa shape index (κ2) is 4.06. The first kappa shape index (κ1) is 7.28. The maximum Gasteiger partial charge on any atom is 0.0439 e. The third-order valence-corrected chi connectivity index (χ3v) is 1.31. The van der Waals surface area contributed by atoms with Crippen molar-refractivity contribution in [3.63, 3.8) is 0 Å². The van der Waals surface area contributed by atoms with E-state index >= 15 is 0 Å². The van der Waals surface area contributed by atoms with Crippen LogP contribution in [0.4, 0.5) is 0 Å². The lowest BCUT2D eigenvalue weighted by Crippen LogP contribution is -1.79. The van der Waals surface area contributed by atoms with Crippen LogP contribution >= 0.6 is 11.9 Å². The zero-order valence-electron chi connectivity index (χ0n) is 5.69. The molecule has 0 unspecified atom stereocenters. The van der Waals surface area contributed by atoms with E-state index < -0.39 is 0 Å². The fourth-order valence-electron chi connectivity index (χ4n) is 0.566. The minimum absolute atomic E-state index is 1.04. The van der Waals surface area contributed by atoms with Crippen molar-refractivity contribution in [3.05, 3.63) is 30.1 Å². The summed E-state index contributed by atoms with van der Waals surface area (Å²) >= 11 is 1.44. The molecule has 52 valence electrons. The van der Waals surface area contributed by atoms with Crippen molar-refractivity contribution in [3.8, 4) is 0 Å². The zero-order valence-corrected chi connectivity index (χ0v) is 6.51. The molecule has 10 heavy (non-hydrogen) atoms. The van der Waals surface area contributed by atoms with Crippen LogP contribution in [-0.2, 0) is 0 Å². The van der Waals surface area contributed by atoms with Crippen LogP contribution in [-0.4, -0.2) is 17.5 Å². The average molecular weight is 152 g/mol. The van der Waals surface area contributed by atoms with Gasteiger partial charge in [-0.3, -0.25) is 4.98 Å². The monoisotopic (exact) mass is 152 g/mol. The maximum atomic E-state index is 3.99. The van der Waals surface area contributed by atoms with Gasteiger partial charge in [0, 0.05) is 30.4 Å². The Kier molecular flexibility index (Phi) is 2.96. The lowest BCUT2D eigenvalue weighted by Gasteiger charge is -1.86. The molecule has 0 spiro atoms. The van der Waals surface area contributed by atoms with Crippen LogP contribution in [0.3, 0.4) is 0 Å². The summed E-state index contributed by atoms with van der Waals surface area (Å²) in [6.07, 6.45) is 7.24. The number of nitrogens with zero attached hydrogens (tertiary/aromatic N) is 2. The lowest BCUT2D eigenvalue weighted by molar-refractivity contribution is 1.32. The fraction of sp³-hybridized carbons (Fsp3) is 0.143. The van der Waals surface area contributed by atoms with Gasteiger partial charge in [-0.25, -0.2) is 4.40 Å². The van der Waals surface area contributed by atoms with Gasteiger partial charge in [0.2, 0.25) is 0 Å². The van der Waals surface area contributed by atoms with Crippen molar-refractivity contribution >= 4 is 18.2 Å². The first-order chi connectivity index (χ1) is 4.93. The van der Waals surface area contributed by atoms with Gasteiger partial charge in [-0.1, -0.05) is 6.07 Å². The van der Waals surface area contributed by atoms with Crippen LogP contribution in [0.1, 0.15) is 5.56 Å². The van der Waals surface area contributed by atoms with Gasteiger partial charge in [-0.05, 0) is 18.0 Å². The highest BCUT2D eigenvalue weighted by atomic mass is 32.2. The van der Waals surface area contributed by atoms with Crippen molar-refractivity contribution in [1.29, 1.82) is 0 Å². The molecular weight excluding hydrogens is 144 g/mol. The van der Waals surface area contributed by atoms with Gasteiger partial charge in [-0.15, -0.1) is 0 Å². The second-order valence-corrected chi connectivity index (χ2v) is 2.28. The molecule has 0 aliphatic rings. The van der Waals surface area contributed by atoms with Crippen LogP contribution in [0.5, 0.6) is 0 Å². The van der Waals surface area contributed by atoms with E-state index in [1.54, 1.807) is 18.6 Å². The van der Waals surface area contributed by atoms with Crippen molar-refractivity contribution in [1.82, 2.24) is 4.98 Å². The van der Waals surface area contributed by atoms with Crippen LogP contribution in [0.25, 0.3) is 0 Å². The van der Waals surface area contributed by atoms with Crippen LogP contribution in [0.15, 0.2) is 28.9 Å². The predicted octanol–water partition coefficient (Wildman–Crippen LogP) is 1.78. The third kappa shape index (κ3) is 2.19. The summed E-state index contributed by atoms with van der Waals surface area (Å²) in [5, 5.41) is 0. The standard InChI is InChI=1S/C7H8N2S/c1-10-9-6-7-3-2-4-8-5-7/h2-6H,1H3. The molecule has 0 amide bonds. The van der Waals surface area contributed by atoms with Gasteiger partial charge in [0.15, 0.2) is 0 Å². The molecule has 0 saturated carbocycles. The molecule has 0 bridgehead atoms. The van der Waals surface area contributed by atoms with Crippen LogP contribution in [0, 0.1) is 0 Å². The summed E-state index contributed by atoms with van der Waals surface area (Å²) in [5.41, 5.74) is 1.04. The van der Waals surface area contributed by atoms with Gasteiger partial charge >= 0.3 is 0 Å². The van der Waals surface area contributed by atoms with Crippen molar-refractivity contribution in [2.24, 2.45) is 4.40 Å². The summed E-state index contributed by atoms with van der Waals surface area (Å²) in [5.74, 6) is 0. The Morgan fingerprint density at radius 2 is 2.60 bits per heavy atom. The molecule has 0 aromatic carbocycles. The minimum atomic E-state index is 1.04. The van der Waals surface area contributed by atoms with Gasteiger partial charge in [0.25, 0.3) is 0 Å². The minimum Gasteiger partial charge on any atom is -0.264 e. The normalized spacial score (nSPS) is 10.5. The van der Waals surface area contributed by atoms with Crippen LogP contribution in [0.2, 0.25) is 0 Å². The molecular formula is C7H8N2S. The summed E-state index contributed by atoms with van der Waals surface area (Å²) < 4.78 is 3.99. The van der Waals surface area contributed by atoms with Gasteiger partial charge in [0.1, 0.15) is 0 Å². The molecule has 0 atom stereocenters. The average Bonchev–Trinajstić information content (AvgIpc) is 2.03. The molecule has 0 saturated heterocycles. The summed E-state index contributed by atoms with van der Waals surface area (Å²) in [7, 11) is 0. The molecule has 0 fully saturated rings.